The van der Waals surface area contributed by atoms with Gasteiger partial charge in [-0.25, -0.2) is 0 Å². The topological polar surface area (TPSA) is 84.2 Å². The lowest BCUT2D eigenvalue weighted by Crippen LogP contribution is -2.30. The monoisotopic (exact) mass is 277 g/mol. The Morgan fingerprint density at radius 1 is 1.20 bits per heavy atom. The van der Waals surface area contributed by atoms with E-state index >= 15 is 0 Å². The Morgan fingerprint density at radius 2 is 1.85 bits per heavy atom. The standard InChI is InChI=1S/C15H23N3O2/c1-15(2,3)14(20)18-12-8-5-4-7-11(12)13(19)17-10-6-9-16/h4-5,7-8H,6,9-10,16H2,1-3H3,(H,17,19)(H,18,20). The summed E-state index contributed by atoms with van der Waals surface area (Å²) >= 11 is 0. The zero-order valence-electron chi connectivity index (χ0n) is 12.3. The molecule has 0 atom stereocenters. The highest BCUT2D eigenvalue weighted by atomic mass is 16.2. The molecule has 110 valence electrons. The molecule has 0 aliphatic rings. The summed E-state index contributed by atoms with van der Waals surface area (Å²) in [6, 6.07) is 6.97. The SMILES string of the molecule is CC(C)(C)C(=O)Nc1ccccc1C(=O)NCCCN. The lowest BCUT2D eigenvalue weighted by atomic mass is 9.95. The molecule has 0 unspecified atom stereocenters. The van der Waals surface area contributed by atoms with Crippen LogP contribution in [0.25, 0.3) is 0 Å². The predicted molar refractivity (Wildman–Crippen MR) is 80.5 cm³/mol. The first-order valence-electron chi connectivity index (χ1n) is 6.75. The molecule has 20 heavy (non-hydrogen) atoms. The molecule has 0 aliphatic heterocycles. The average molecular weight is 277 g/mol. The molecule has 0 saturated carbocycles. The van der Waals surface area contributed by atoms with E-state index in [1.54, 1.807) is 24.3 Å². The van der Waals surface area contributed by atoms with E-state index in [1.807, 2.05) is 20.8 Å². The number of nitrogens with one attached hydrogen (secondary N) is 2. The van der Waals surface area contributed by atoms with Crippen LogP contribution < -0.4 is 16.4 Å². The fourth-order valence-corrected chi connectivity index (χ4v) is 1.50. The van der Waals surface area contributed by atoms with E-state index in [-0.39, 0.29) is 11.8 Å². The molecule has 4 N–H and O–H groups in total. The Hall–Kier alpha value is -1.88. The minimum absolute atomic E-state index is 0.125. The fraction of sp³-hybridized carbons (Fsp3) is 0.467. The lowest BCUT2D eigenvalue weighted by molar-refractivity contribution is -0.123. The van der Waals surface area contributed by atoms with Gasteiger partial charge in [0.15, 0.2) is 0 Å². The molecule has 1 rings (SSSR count). The minimum Gasteiger partial charge on any atom is -0.352 e. The maximum absolute atomic E-state index is 12.1. The normalized spacial score (nSPS) is 11.0. The van der Waals surface area contributed by atoms with Gasteiger partial charge in [-0.1, -0.05) is 32.9 Å². The van der Waals surface area contributed by atoms with Crippen LogP contribution in [0, 0.1) is 5.41 Å². The van der Waals surface area contributed by atoms with Gasteiger partial charge in [0.1, 0.15) is 0 Å². The number of nitrogens with two attached hydrogens (primary N) is 1. The van der Waals surface area contributed by atoms with Crippen LogP contribution in [0.5, 0.6) is 0 Å². The van der Waals surface area contributed by atoms with Gasteiger partial charge in [0.25, 0.3) is 5.91 Å². The first kappa shape index (κ1) is 16.2. The number of amides is 2. The number of para-hydroxylation sites is 1. The number of hydrogen-bond acceptors (Lipinski definition) is 3. The second-order valence-electron chi connectivity index (χ2n) is 5.65. The molecule has 0 heterocycles. The van der Waals surface area contributed by atoms with Crippen molar-refractivity contribution in [3.05, 3.63) is 29.8 Å². The summed E-state index contributed by atoms with van der Waals surface area (Å²) in [5.41, 5.74) is 5.86. The van der Waals surface area contributed by atoms with Gasteiger partial charge in [0.2, 0.25) is 5.91 Å². The summed E-state index contributed by atoms with van der Waals surface area (Å²) in [6.45, 7) is 6.53. The second kappa shape index (κ2) is 7.05. The van der Waals surface area contributed by atoms with Crippen molar-refractivity contribution in [3.8, 4) is 0 Å². The largest absolute Gasteiger partial charge is 0.352 e. The van der Waals surface area contributed by atoms with Crippen molar-refractivity contribution < 1.29 is 9.59 Å². The second-order valence-corrected chi connectivity index (χ2v) is 5.65. The molecule has 5 nitrogen and oxygen atoms in total. The van der Waals surface area contributed by atoms with Gasteiger partial charge >= 0.3 is 0 Å². The van der Waals surface area contributed by atoms with Crippen LogP contribution in [0.4, 0.5) is 5.69 Å². The molecule has 1 aromatic carbocycles. The third kappa shape index (κ3) is 4.66. The van der Waals surface area contributed by atoms with Gasteiger partial charge in [0.05, 0.1) is 11.3 Å². The van der Waals surface area contributed by atoms with Crippen LogP contribution in [-0.4, -0.2) is 24.9 Å². The van der Waals surface area contributed by atoms with Crippen molar-refractivity contribution in [3.63, 3.8) is 0 Å². The fourth-order valence-electron chi connectivity index (χ4n) is 1.50. The minimum atomic E-state index is -0.511. The Kier molecular flexibility index (Phi) is 5.70. The highest BCUT2D eigenvalue weighted by molar-refractivity contribution is 6.04. The molecule has 2 amide bonds. The van der Waals surface area contributed by atoms with Crippen LogP contribution >= 0.6 is 0 Å². The number of anilines is 1. The molecular formula is C15H23N3O2. The van der Waals surface area contributed by atoms with E-state index in [1.165, 1.54) is 0 Å². The Bertz CT molecular complexity index is 478. The Morgan fingerprint density at radius 3 is 2.45 bits per heavy atom. The summed E-state index contributed by atoms with van der Waals surface area (Å²) in [6.07, 6.45) is 0.724. The number of hydrogen-bond donors (Lipinski definition) is 3. The Labute approximate surface area is 119 Å². The quantitative estimate of drug-likeness (QED) is 0.717. The molecule has 0 fully saturated rings. The van der Waals surface area contributed by atoms with Crippen LogP contribution in [0.1, 0.15) is 37.6 Å². The van der Waals surface area contributed by atoms with Gasteiger partial charge in [-0.2, -0.15) is 0 Å². The van der Waals surface area contributed by atoms with Crippen molar-refractivity contribution in [1.29, 1.82) is 0 Å². The van der Waals surface area contributed by atoms with E-state index in [4.69, 9.17) is 5.73 Å². The van der Waals surface area contributed by atoms with E-state index < -0.39 is 5.41 Å². The number of carbonyl (C=O) groups is 2. The number of benzene rings is 1. The molecule has 0 spiro atoms. The number of carbonyl (C=O) groups excluding carboxylic acids is 2. The first-order chi connectivity index (χ1) is 9.36. The van der Waals surface area contributed by atoms with Crippen molar-refractivity contribution in [2.75, 3.05) is 18.4 Å². The number of rotatable bonds is 5. The summed E-state index contributed by atoms with van der Waals surface area (Å²) in [4.78, 5) is 24.1. The van der Waals surface area contributed by atoms with Gasteiger partial charge in [-0.05, 0) is 25.1 Å². The van der Waals surface area contributed by atoms with E-state index in [0.717, 1.165) is 6.42 Å². The molecule has 0 radical (unpaired) electrons. The third-order valence-electron chi connectivity index (χ3n) is 2.77. The maximum atomic E-state index is 12.1. The predicted octanol–water partition coefficient (Wildman–Crippen LogP) is 1.75. The summed E-state index contributed by atoms with van der Waals surface area (Å²) < 4.78 is 0. The summed E-state index contributed by atoms with van der Waals surface area (Å²) in [5.74, 6) is -0.331. The van der Waals surface area contributed by atoms with Crippen LogP contribution in [0.15, 0.2) is 24.3 Å². The molecule has 0 aromatic heterocycles. The third-order valence-corrected chi connectivity index (χ3v) is 2.77. The molecule has 1 aromatic rings. The van der Waals surface area contributed by atoms with Crippen LogP contribution in [0.3, 0.4) is 0 Å². The summed E-state index contributed by atoms with van der Waals surface area (Å²) in [7, 11) is 0. The van der Waals surface area contributed by atoms with Gasteiger partial charge in [-0.3, -0.25) is 9.59 Å². The summed E-state index contributed by atoms with van der Waals surface area (Å²) in [5, 5.41) is 5.58. The van der Waals surface area contributed by atoms with Crippen molar-refractivity contribution >= 4 is 17.5 Å². The molecular weight excluding hydrogens is 254 g/mol. The zero-order chi connectivity index (χ0) is 15.2. The smallest absolute Gasteiger partial charge is 0.253 e. The van der Waals surface area contributed by atoms with Crippen molar-refractivity contribution in [2.24, 2.45) is 11.1 Å². The van der Waals surface area contributed by atoms with E-state index in [0.29, 0.717) is 24.3 Å². The van der Waals surface area contributed by atoms with E-state index in [2.05, 4.69) is 10.6 Å². The average Bonchev–Trinajstić information content (AvgIpc) is 2.38. The molecule has 0 aliphatic carbocycles. The highest BCUT2D eigenvalue weighted by Gasteiger charge is 2.22. The van der Waals surface area contributed by atoms with Gasteiger partial charge in [0, 0.05) is 12.0 Å². The highest BCUT2D eigenvalue weighted by Crippen LogP contribution is 2.20. The molecule has 0 bridgehead atoms. The van der Waals surface area contributed by atoms with E-state index in [9.17, 15) is 9.59 Å². The zero-order valence-corrected chi connectivity index (χ0v) is 12.3. The van der Waals surface area contributed by atoms with Gasteiger partial charge < -0.3 is 16.4 Å². The first-order valence-corrected chi connectivity index (χ1v) is 6.75. The van der Waals surface area contributed by atoms with Crippen molar-refractivity contribution in [1.82, 2.24) is 5.32 Å². The van der Waals surface area contributed by atoms with Crippen molar-refractivity contribution in [2.45, 2.75) is 27.2 Å². The molecule has 5 heteroatoms. The van der Waals surface area contributed by atoms with Crippen LogP contribution in [-0.2, 0) is 4.79 Å². The maximum Gasteiger partial charge on any atom is 0.253 e. The Balaban J connectivity index is 2.83. The molecule has 0 saturated heterocycles. The van der Waals surface area contributed by atoms with Crippen LogP contribution in [0.2, 0.25) is 0 Å². The lowest BCUT2D eigenvalue weighted by Gasteiger charge is -2.19. The van der Waals surface area contributed by atoms with Gasteiger partial charge in [-0.15, -0.1) is 0 Å².